The summed E-state index contributed by atoms with van der Waals surface area (Å²) in [6, 6.07) is 4.61. The lowest BCUT2D eigenvalue weighted by atomic mass is 10.3. The molecule has 0 radical (unpaired) electrons. The number of aromatic hydroxyl groups is 1. The van der Waals surface area contributed by atoms with E-state index in [2.05, 4.69) is 16.6 Å². The maximum Gasteiger partial charge on any atom is 0.331 e. The van der Waals surface area contributed by atoms with E-state index < -0.39 is 17.1 Å². The number of benzene rings is 1. The fourth-order valence-electron chi connectivity index (χ4n) is 1.74. The summed E-state index contributed by atoms with van der Waals surface area (Å²) < 4.78 is 0.959. The molecular formula is C14H11Cl2N3O3. The number of nitrogens with one attached hydrogen (secondary N) is 1. The first-order chi connectivity index (χ1) is 10.4. The molecule has 1 heterocycles. The number of aliphatic imine (C=N–C) groups is 1. The minimum absolute atomic E-state index is 0.0469. The number of allylic oxidation sites excluding steroid dienone is 1. The lowest BCUT2D eigenvalue weighted by Gasteiger charge is -2.06. The Labute approximate surface area is 135 Å². The molecule has 2 N–H and O–H groups in total. The van der Waals surface area contributed by atoms with E-state index in [0.717, 1.165) is 10.8 Å². The number of aromatic amines is 1. The van der Waals surface area contributed by atoms with Crippen LogP contribution in [0.15, 0.2) is 45.4 Å². The van der Waals surface area contributed by atoms with E-state index in [1.54, 1.807) is 0 Å². The van der Waals surface area contributed by atoms with E-state index in [4.69, 9.17) is 23.2 Å². The van der Waals surface area contributed by atoms with Crippen LogP contribution >= 0.6 is 23.2 Å². The lowest BCUT2D eigenvalue weighted by Crippen LogP contribution is -2.31. The Hall–Kier alpha value is -2.31. The van der Waals surface area contributed by atoms with Crippen LogP contribution in [0, 0.1) is 0 Å². The maximum absolute atomic E-state index is 11.8. The van der Waals surface area contributed by atoms with Gasteiger partial charge in [-0.1, -0.05) is 29.3 Å². The SMILES string of the molecule is C=CCn1c(O)c(C=Nc2cc(Cl)cc(Cl)c2)c(=O)[nH]c1=O. The molecule has 1 aromatic heterocycles. The van der Waals surface area contributed by atoms with E-state index >= 15 is 0 Å². The molecule has 6 nitrogen and oxygen atoms in total. The van der Waals surface area contributed by atoms with Gasteiger partial charge in [-0.05, 0) is 18.2 Å². The molecule has 0 unspecified atom stereocenters. The van der Waals surface area contributed by atoms with Crippen LogP contribution in [0.2, 0.25) is 10.0 Å². The molecule has 0 spiro atoms. The molecule has 0 bridgehead atoms. The highest BCUT2D eigenvalue weighted by Crippen LogP contribution is 2.24. The monoisotopic (exact) mass is 339 g/mol. The zero-order valence-corrected chi connectivity index (χ0v) is 12.7. The molecule has 0 fully saturated rings. The molecule has 0 aliphatic rings. The Morgan fingerprint density at radius 1 is 1.27 bits per heavy atom. The molecule has 0 aliphatic heterocycles. The molecule has 0 saturated carbocycles. The summed E-state index contributed by atoms with van der Waals surface area (Å²) in [4.78, 5) is 29.5. The number of rotatable bonds is 4. The molecule has 0 saturated heterocycles. The smallest absolute Gasteiger partial charge is 0.331 e. The zero-order chi connectivity index (χ0) is 16.3. The van der Waals surface area contributed by atoms with Crippen molar-refractivity contribution in [2.45, 2.75) is 6.54 Å². The molecule has 1 aromatic carbocycles. The summed E-state index contributed by atoms with van der Waals surface area (Å²) in [6.07, 6.45) is 2.55. The van der Waals surface area contributed by atoms with E-state index in [1.165, 1.54) is 24.3 Å². The van der Waals surface area contributed by atoms with Crippen LogP contribution in [0.4, 0.5) is 5.69 Å². The predicted octanol–water partition coefficient (Wildman–Crippen LogP) is 2.49. The summed E-state index contributed by atoms with van der Waals surface area (Å²) >= 11 is 11.7. The molecular weight excluding hydrogens is 329 g/mol. The van der Waals surface area contributed by atoms with Crippen molar-refractivity contribution in [2.75, 3.05) is 0 Å². The van der Waals surface area contributed by atoms with Crippen molar-refractivity contribution in [1.82, 2.24) is 9.55 Å². The first-order valence-corrected chi connectivity index (χ1v) is 6.85. The molecule has 2 aromatic rings. The fraction of sp³-hybridized carbons (Fsp3) is 0.0714. The van der Waals surface area contributed by atoms with Gasteiger partial charge in [-0.25, -0.2) is 4.79 Å². The van der Waals surface area contributed by atoms with Gasteiger partial charge < -0.3 is 5.11 Å². The van der Waals surface area contributed by atoms with Gasteiger partial charge in [-0.3, -0.25) is 19.3 Å². The largest absolute Gasteiger partial charge is 0.494 e. The highest BCUT2D eigenvalue weighted by Gasteiger charge is 2.11. The average molecular weight is 340 g/mol. The molecule has 2 rings (SSSR count). The normalized spacial score (nSPS) is 11.0. The van der Waals surface area contributed by atoms with Crippen LogP contribution in [-0.4, -0.2) is 20.9 Å². The second kappa shape index (κ2) is 6.64. The summed E-state index contributed by atoms with van der Waals surface area (Å²) in [5, 5.41) is 10.8. The van der Waals surface area contributed by atoms with Gasteiger partial charge in [0.15, 0.2) is 0 Å². The Bertz CT molecular complexity index is 848. The Morgan fingerprint density at radius 2 is 1.91 bits per heavy atom. The molecule has 0 amide bonds. The highest BCUT2D eigenvalue weighted by molar-refractivity contribution is 6.35. The van der Waals surface area contributed by atoms with Gasteiger partial charge in [0, 0.05) is 22.8 Å². The molecule has 22 heavy (non-hydrogen) atoms. The van der Waals surface area contributed by atoms with Crippen molar-refractivity contribution < 1.29 is 5.11 Å². The topological polar surface area (TPSA) is 87.4 Å². The van der Waals surface area contributed by atoms with Crippen LogP contribution in [0.25, 0.3) is 0 Å². The van der Waals surface area contributed by atoms with Gasteiger partial charge >= 0.3 is 5.69 Å². The average Bonchev–Trinajstić information content (AvgIpc) is 2.42. The summed E-state index contributed by atoms with van der Waals surface area (Å²) in [6.45, 7) is 3.52. The van der Waals surface area contributed by atoms with Crippen molar-refractivity contribution in [3.8, 4) is 5.88 Å². The van der Waals surface area contributed by atoms with E-state index in [-0.39, 0.29) is 12.1 Å². The Kier molecular flexibility index (Phi) is 4.85. The number of H-pyrrole nitrogens is 1. The fourth-order valence-corrected chi connectivity index (χ4v) is 2.26. The summed E-state index contributed by atoms with van der Waals surface area (Å²) in [5.74, 6) is -0.495. The van der Waals surface area contributed by atoms with Gasteiger partial charge in [-0.2, -0.15) is 0 Å². The number of hydrogen-bond donors (Lipinski definition) is 2. The van der Waals surface area contributed by atoms with Gasteiger partial charge in [0.1, 0.15) is 5.56 Å². The van der Waals surface area contributed by atoms with Crippen molar-refractivity contribution in [1.29, 1.82) is 0 Å². The third-order valence-corrected chi connectivity index (χ3v) is 3.14. The standard InChI is InChI=1S/C14H11Cl2N3O3/c1-2-3-19-13(21)11(12(20)18-14(19)22)7-17-10-5-8(15)4-9(16)6-10/h2,4-7,21H,1,3H2,(H,18,20,22). The number of hydrogen-bond acceptors (Lipinski definition) is 4. The van der Waals surface area contributed by atoms with Crippen LogP contribution in [0.3, 0.4) is 0 Å². The van der Waals surface area contributed by atoms with Crippen molar-refractivity contribution in [2.24, 2.45) is 4.99 Å². The van der Waals surface area contributed by atoms with Gasteiger partial charge in [0.25, 0.3) is 5.56 Å². The Morgan fingerprint density at radius 3 is 2.50 bits per heavy atom. The Balaban J connectivity index is 2.51. The minimum Gasteiger partial charge on any atom is -0.494 e. The molecule has 114 valence electrons. The van der Waals surface area contributed by atoms with Gasteiger partial charge in [0.05, 0.1) is 5.69 Å². The van der Waals surface area contributed by atoms with Crippen LogP contribution in [0.5, 0.6) is 5.88 Å². The highest BCUT2D eigenvalue weighted by atomic mass is 35.5. The van der Waals surface area contributed by atoms with E-state index in [0.29, 0.717) is 15.7 Å². The van der Waals surface area contributed by atoms with Crippen molar-refractivity contribution in [3.63, 3.8) is 0 Å². The van der Waals surface area contributed by atoms with E-state index in [1.807, 2.05) is 0 Å². The third-order valence-electron chi connectivity index (χ3n) is 2.71. The summed E-state index contributed by atoms with van der Waals surface area (Å²) in [7, 11) is 0. The number of aromatic nitrogens is 2. The maximum atomic E-state index is 11.8. The molecule has 0 atom stereocenters. The van der Waals surface area contributed by atoms with Gasteiger partial charge in [0.2, 0.25) is 5.88 Å². The van der Waals surface area contributed by atoms with Crippen molar-refractivity contribution >= 4 is 35.1 Å². The molecule has 0 aliphatic carbocycles. The zero-order valence-electron chi connectivity index (χ0n) is 11.2. The van der Waals surface area contributed by atoms with E-state index in [9.17, 15) is 14.7 Å². The number of nitrogens with zero attached hydrogens (tertiary/aromatic N) is 2. The third kappa shape index (κ3) is 3.47. The van der Waals surface area contributed by atoms with Gasteiger partial charge in [-0.15, -0.1) is 6.58 Å². The van der Waals surface area contributed by atoms with Crippen LogP contribution in [0.1, 0.15) is 5.56 Å². The minimum atomic E-state index is -0.750. The quantitative estimate of drug-likeness (QED) is 0.662. The summed E-state index contributed by atoms with van der Waals surface area (Å²) in [5.41, 5.74) is -1.24. The lowest BCUT2D eigenvalue weighted by molar-refractivity contribution is 0.410. The number of halogens is 2. The predicted molar refractivity (Wildman–Crippen MR) is 86.9 cm³/mol. The second-order valence-corrected chi connectivity index (χ2v) is 5.15. The van der Waals surface area contributed by atoms with Crippen LogP contribution < -0.4 is 11.2 Å². The first-order valence-electron chi connectivity index (χ1n) is 6.09. The van der Waals surface area contributed by atoms with Crippen LogP contribution in [-0.2, 0) is 6.54 Å². The second-order valence-electron chi connectivity index (χ2n) is 4.28. The van der Waals surface area contributed by atoms with Crippen molar-refractivity contribution in [3.05, 3.63) is 67.3 Å². The first kappa shape index (κ1) is 16.1. The molecule has 8 heteroatoms.